The molecule has 0 aliphatic rings. The highest BCUT2D eigenvalue weighted by Crippen LogP contribution is 2.25. The summed E-state index contributed by atoms with van der Waals surface area (Å²) in [6.45, 7) is 4.28. The average molecular weight is 234 g/mol. The van der Waals surface area contributed by atoms with Crippen LogP contribution in [0.2, 0.25) is 0 Å². The minimum atomic E-state index is -0.122. The first-order valence-corrected chi connectivity index (χ1v) is 6.56. The van der Waals surface area contributed by atoms with E-state index >= 15 is 0 Å². The first kappa shape index (κ1) is 11.6. The van der Waals surface area contributed by atoms with Gasteiger partial charge in [0.2, 0.25) is 0 Å². The Morgan fingerprint density at radius 1 is 1.38 bits per heavy atom. The quantitative estimate of drug-likeness (QED) is 0.881. The summed E-state index contributed by atoms with van der Waals surface area (Å²) in [7, 11) is 0. The molecular weight excluding hydrogens is 216 g/mol. The highest BCUT2D eigenvalue weighted by atomic mass is 32.1. The number of benzene rings is 1. The zero-order valence-electron chi connectivity index (χ0n) is 9.86. The van der Waals surface area contributed by atoms with Crippen LogP contribution in [0.3, 0.4) is 0 Å². The van der Waals surface area contributed by atoms with E-state index in [1.165, 1.54) is 4.70 Å². The summed E-state index contributed by atoms with van der Waals surface area (Å²) in [5, 5.41) is 1.15. The van der Waals surface area contributed by atoms with Crippen molar-refractivity contribution in [2.75, 3.05) is 0 Å². The SMILES string of the molecule is CCCC(C)(N)Cc1nc2ccccc2s1. The van der Waals surface area contributed by atoms with E-state index in [4.69, 9.17) is 5.73 Å². The first-order valence-electron chi connectivity index (χ1n) is 5.74. The molecular formula is C13H18N2S. The van der Waals surface area contributed by atoms with Crippen LogP contribution in [0.15, 0.2) is 24.3 Å². The van der Waals surface area contributed by atoms with Crippen LogP contribution < -0.4 is 5.73 Å². The van der Waals surface area contributed by atoms with Crippen LogP contribution in [0, 0.1) is 0 Å². The van der Waals surface area contributed by atoms with Gasteiger partial charge in [0.15, 0.2) is 0 Å². The van der Waals surface area contributed by atoms with Crippen LogP contribution in [0.4, 0.5) is 0 Å². The number of hydrogen-bond donors (Lipinski definition) is 1. The second-order valence-electron chi connectivity index (χ2n) is 4.66. The molecule has 0 spiro atoms. The Balaban J connectivity index is 2.21. The van der Waals surface area contributed by atoms with Gasteiger partial charge in [-0.1, -0.05) is 25.5 Å². The molecule has 0 bridgehead atoms. The molecule has 1 unspecified atom stereocenters. The monoisotopic (exact) mass is 234 g/mol. The molecule has 1 heterocycles. The van der Waals surface area contributed by atoms with Gasteiger partial charge in [-0.3, -0.25) is 0 Å². The van der Waals surface area contributed by atoms with Crippen molar-refractivity contribution in [1.82, 2.24) is 4.98 Å². The van der Waals surface area contributed by atoms with Crippen LogP contribution in [0.25, 0.3) is 10.2 Å². The molecule has 0 saturated carbocycles. The topological polar surface area (TPSA) is 38.9 Å². The number of nitrogens with zero attached hydrogens (tertiary/aromatic N) is 1. The molecule has 16 heavy (non-hydrogen) atoms. The number of thiazole rings is 1. The fourth-order valence-corrected chi connectivity index (χ4v) is 3.17. The Labute approximate surface area is 101 Å². The molecule has 3 heteroatoms. The van der Waals surface area contributed by atoms with Gasteiger partial charge in [-0.25, -0.2) is 4.98 Å². The lowest BCUT2D eigenvalue weighted by Crippen LogP contribution is -2.38. The Hall–Kier alpha value is -0.930. The molecule has 0 aliphatic carbocycles. The van der Waals surface area contributed by atoms with Crippen molar-refractivity contribution < 1.29 is 0 Å². The van der Waals surface area contributed by atoms with Crippen LogP contribution in [0.1, 0.15) is 31.7 Å². The summed E-state index contributed by atoms with van der Waals surface area (Å²) in [4.78, 5) is 4.62. The van der Waals surface area contributed by atoms with Crippen LogP contribution in [-0.2, 0) is 6.42 Å². The molecule has 1 aromatic carbocycles. The third-order valence-corrected chi connectivity index (χ3v) is 3.75. The second-order valence-corrected chi connectivity index (χ2v) is 5.77. The van der Waals surface area contributed by atoms with Crippen molar-refractivity contribution in [1.29, 1.82) is 0 Å². The third-order valence-electron chi connectivity index (χ3n) is 2.71. The van der Waals surface area contributed by atoms with Crippen LogP contribution in [-0.4, -0.2) is 10.5 Å². The summed E-state index contributed by atoms with van der Waals surface area (Å²) in [5.74, 6) is 0. The van der Waals surface area contributed by atoms with Crippen LogP contribution in [0.5, 0.6) is 0 Å². The number of aromatic nitrogens is 1. The van der Waals surface area contributed by atoms with Gasteiger partial charge in [0.05, 0.1) is 15.2 Å². The van der Waals surface area contributed by atoms with Gasteiger partial charge in [-0.15, -0.1) is 11.3 Å². The number of fused-ring (bicyclic) bond motifs is 1. The highest BCUT2D eigenvalue weighted by molar-refractivity contribution is 7.18. The fraction of sp³-hybridized carbons (Fsp3) is 0.462. The molecule has 1 aromatic heterocycles. The van der Waals surface area contributed by atoms with E-state index in [1.54, 1.807) is 11.3 Å². The number of hydrogen-bond acceptors (Lipinski definition) is 3. The van der Waals surface area contributed by atoms with E-state index in [2.05, 4.69) is 37.0 Å². The first-order chi connectivity index (χ1) is 7.61. The number of para-hydroxylation sites is 1. The van der Waals surface area contributed by atoms with E-state index in [0.717, 1.165) is 29.8 Å². The van der Waals surface area contributed by atoms with Gasteiger partial charge in [-0.2, -0.15) is 0 Å². The molecule has 2 N–H and O–H groups in total. The molecule has 0 radical (unpaired) electrons. The van der Waals surface area contributed by atoms with Gasteiger partial charge in [0.25, 0.3) is 0 Å². The lowest BCUT2D eigenvalue weighted by Gasteiger charge is -2.22. The van der Waals surface area contributed by atoms with Gasteiger partial charge in [0, 0.05) is 12.0 Å². The van der Waals surface area contributed by atoms with Crippen LogP contribution >= 0.6 is 11.3 Å². The second kappa shape index (κ2) is 4.52. The zero-order valence-corrected chi connectivity index (χ0v) is 10.7. The van der Waals surface area contributed by atoms with Crippen molar-refractivity contribution in [3.63, 3.8) is 0 Å². The van der Waals surface area contributed by atoms with Gasteiger partial charge in [-0.05, 0) is 25.5 Å². The predicted octanol–water partition coefficient (Wildman–Crippen LogP) is 3.36. The molecule has 0 aliphatic heterocycles. The maximum atomic E-state index is 6.25. The largest absolute Gasteiger partial charge is 0.325 e. The third kappa shape index (κ3) is 2.60. The minimum Gasteiger partial charge on any atom is -0.325 e. The van der Waals surface area contributed by atoms with E-state index < -0.39 is 0 Å². The normalized spacial score (nSPS) is 15.2. The average Bonchev–Trinajstić information content (AvgIpc) is 2.58. The molecule has 86 valence electrons. The van der Waals surface area contributed by atoms with Crippen molar-refractivity contribution in [2.45, 2.75) is 38.6 Å². The lowest BCUT2D eigenvalue weighted by atomic mass is 9.94. The maximum absolute atomic E-state index is 6.25. The van der Waals surface area contributed by atoms with E-state index in [-0.39, 0.29) is 5.54 Å². The number of nitrogens with two attached hydrogens (primary N) is 1. The molecule has 2 rings (SSSR count). The van der Waals surface area contributed by atoms with Crippen molar-refractivity contribution >= 4 is 21.6 Å². The smallest absolute Gasteiger partial charge is 0.0956 e. The summed E-state index contributed by atoms with van der Waals surface area (Å²) in [6.07, 6.45) is 3.04. The summed E-state index contributed by atoms with van der Waals surface area (Å²) < 4.78 is 1.25. The minimum absolute atomic E-state index is 0.122. The van der Waals surface area contributed by atoms with Gasteiger partial charge >= 0.3 is 0 Å². The zero-order chi connectivity index (χ0) is 11.6. The standard InChI is InChI=1S/C13H18N2S/c1-3-8-13(2,14)9-12-15-10-6-4-5-7-11(10)16-12/h4-7H,3,8-9,14H2,1-2H3. The van der Waals surface area contributed by atoms with Gasteiger partial charge < -0.3 is 5.73 Å². The lowest BCUT2D eigenvalue weighted by molar-refractivity contribution is 0.424. The van der Waals surface area contributed by atoms with Crippen molar-refractivity contribution in [3.05, 3.63) is 29.3 Å². The molecule has 0 amide bonds. The van der Waals surface area contributed by atoms with Crippen molar-refractivity contribution in [2.24, 2.45) is 5.73 Å². The molecule has 2 aromatic rings. The molecule has 2 nitrogen and oxygen atoms in total. The number of rotatable bonds is 4. The summed E-state index contributed by atoms with van der Waals surface area (Å²) >= 11 is 1.76. The predicted molar refractivity (Wildman–Crippen MR) is 70.8 cm³/mol. The van der Waals surface area contributed by atoms with Crippen molar-refractivity contribution in [3.8, 4) is 0 Å². The molecule has 0 saturated heterocycles. The van der Waals surface area contributed by atoms with E-state index in [9.17, 15) is 0 Å². The van der Waals surface area contributed by atoms with E-state index in [0.29, 0.717) is 0 Å². The van der Waals surface area contributed by atoms with Gasteiger partial charge in [0.1, 0.15) is 0 Å². The fourth-order valence-electron chi connectivity index (χ4n) is 2.00. The summed E-state index contributed by atoms with van der Waals surface area (Å²) in [5.41, 5.74) is 7.22. The Bertz CT molecular complexity index is 440. The summed E-state index contributed by atoms with van der Waals surface area (Å²) in [6, 6.07) is 8.25. The maximum Gasteiger partial charge on any atom is 0.0956 e. The Morgan fingerprint density at radius 2 is 2.12 bits per heavy atom. The van der Waals surface area contributed by atoms with E-state index in [1.807, 2.05) is 6.07 Å². The Morgan fingerprint density at radius 3 is 2.81 bits per heavy atom. The molecule has 1 atom stereocenters. The molecule has 0 fully saturated rings. The Kier molecular flexibility index (Phi) is 3.26. The highest BCUT2D eigenvalue weighted by Gasteiger charge is 2.19.